The van der Waals surface area contributed by atoms with E-state index in [0.29, 0.717) is 24.1 Å². The molecule has 6 nitrogen and oxygen atoms in total. The summed E-state index contributed by atoms with van der Waals surface area (Å²) in [5, 5.41) is 23.1. The number of aromatic nitrogens is 4. The van der Waals surface area contributed by atoms with Crippen LogP contribution in [0.2, 0.25) is 0 Å². The zero-order valence-electron chi connectivity index (χ0n) is 13.4. The molecule has 1 heterocycles. The summed E-state index contributed by atoms with van der Waals surface area (Å²) in [5.74, 6) is 0.946. The molecule has 24 heavy (non-hydrogen) atoms. The minimum atomic E-state index is -0.635. The fourth-order valence-electron chi connectivity index (χ4n) is 5.82. The lowest BCUT2D eigenvalue weighted by atomic mass is 9.47. The highest BCUT2D eigenvalue weighted by Gasteiger charge is 2.62. The molecule has 4 saturated carbocycles. The monoisotopic (exact) mass is 324 g/mol. The van der Waals surface area contributed by atoms with Crippen LogP contribution >= 0.6 is 0 Å². The van der Waals surface area contributed by atoms with Crippen LogP contribution in [0, 0.1) is 17.3 Å². The molecule has 2 unspecified atom stereocenters. The van der Waals surface area contributed by atoms with Gasteiger partial charge in [0.15, 0.2) is 0 Å². The first-order valence-electron chi connectivity index (χ1n) is 8.68. The Morgan fingerprint density at radius 1 is 1.12 bits per heavy atom. The molecular formula is C18H20N4O2. The summed E-state index contributed by atoms with van der Waals surface area (Å²) in [6.07, 6.45) is 5.43. The summed E-state index contributed by atoms with van der Waals surface area (Å²) in [4.78, 5) is 13.7. The summed E-state index contributed by atoms with van der Waals surface area (Å²) < 4.78 is 0. The molecule has 124 valence electrons. The van der Waals surface area contributed by atoms with Crippen molar-refractivity contribution in [2.24, 2.45) is 17.3 Å². The Morgan fingerprint density at radius 2 is 1.83 bits per heavy atom. The van der Waals surface area contributed by atoms with Crippen LogP contribution in [0.15, 0.2) is 30.3 Å². The lowest BCUT2D eigenvalue weighted by Gasteiger charge is -2.59. The topological polar surface area (TPSA) is 80.9 Å². The van der Waals surface area contributed by atoms with Gasteiger partial charge in [-0.15, -0.1) is 10.2 Å². The Balaban J connectivity index is 1.55. The molecule has 0 spiro atoms. The molecule has 4 atom stereocenters. The number of aliphatic carboxylic acids is 1. The average molecular weight is 324 g/mol. The van der Waals surface area contributed by atoms with Gasteiger partial charge >= 0.3 is 5.97 Å². The van der Waals surface area contributed by atoms with Crippen molar-refractivity contribution in [1.82, 2.24) is 20.2 Å². The molecule has 4 bridgehead atoms. The number of hydrogen-bond donors (Lipinski definition) is 1. The second-order valence-corrected chi connectivity index (χ2v) is 8.04. The van der Waals surface area contributed by atoms with Gasteiger partial charge in [-0.1, -0.05) is 30.3 Å². The van der Waals surface area contributed by atoms with Crippen molar-refractivity contribution in [3.8, 4) is 11.4 Å². The summed E-state index contributed by atoms with van der Waals surface area (Å²) in [6, 6.07) is 9.82. The van der Waals surface area contributed by atoms with Gasteiger partial charge in [-0.2, -0.15) is 4.80 Å². The van der Waals surface area contributed by atoms with E-state index >= 15 is 0 Å². The van der Waals surface area contributed by atoms with Gasteiger partial charge in [0.1, 0.15) is 0 Å². The van der Waals surface area contributed by atoms with Crippen LogP contribution in [0.3, 0.4) is 0 Å². The van der Waals surface area contributed by atoms with E-state index in [1.165, 1.54) is 0 Å². The fourth-order valence-corrected chi connectivity index (χ4v) is 5.82. The van der Waals surface area contributed by atoms with Gasteiger partial charge in [-0.25, -0.2) is 0 Å². The smallest absolute Gasteiger partial charge is 0.309 e. The Labute approximate surface area is 139 Å². The number of carbonyl (C=O) groups is 1. The first-order valence-corrected chi connectivity index (χ1v) is 8.68. The molecule has 0 aliphatic heterocycles. The number of hydrogen-bond acceptors (Lipinski definition) is 4. The first kappa shape index (κ1) is 14.1. The molecule has 1 N–H and O–H groups in total. The molecule has 2 aromatic rings. The largest absolute Gasteiger partial charge is 0.481 e. The van der Waals surface area contributed by atoms with Gasteiger partial charge in [0.2, 0.25) is 5.82 Å². The highest BCUT2D eigenvalue weighted by atomic mass is 16.4. The predicted molar refractivity (Wildman–Crippen MR) is 86.0 cm³/mol. The van der Waals surface area contributed by atoms with Gasteiger partial charge in [0, 0.05) is 5.56 Å². The number of carboxylic acid groups (broad SMARTS) is 1. The van der Waals surface area contributed by atoms with Gasteiger partial charge < -0.3 is 5.11 Å². The van der Waals surface area contributed by atoms with E-state index in [0.717, 1.165) is 37.7 Å². The highest BCUT2D eigenvalue weighted by Crippen LogP contribution is 2.63. The Morgan fingerprint density at radius 3 is 2.50 bits per heavy atom. The fraction of sp³-hybridized carbons (Fsp3) is 0.556. The summed E-state index contributed by atoms with van der Waals surface area (Å²) >= 11 is 0. The number of nitrogens with zero attached hydrogens (tertiary/aromatic N) is 4. The maximum absolute atomic E-state index is 12.0. The van der Waals surface area contributed by atoms with E-state index in [9.17, 15) is 9.90 Å². The van der Waals surface area contributed by atoms with Gasteiger partial charge in [0.05, 0.1) is 11.0 Å². The van der Waals surface area contributed by atoms with Crippen LogP contribution in [0.5, 0.6) is 0 Å². The molecule has 0 radical (unpaired) electrons. The molecule has 4 fully saturated rings. The SMILES string of the molecule is O=C(O)C12C[C@H]3C[C@@H](C1)CC(n1nnc(-c4ccccc4)n1)(C3)C2. The third kappa shape index (κ3) is 1.88. The van der Waals surface area contributed by atoms with Crippen LogP contribution in [0.1, 0.15) is 38.5 Å². The molecule has 6 heteroatoms. The van der Waals surface area contributed by atoms with Crippen LogP contribution in [0.25, 0.3) is 11.4 Å². The standard InChI is InChI=1S/C18H20N4O2/c23-16(24)17-7-12-6-13(8-17)10-18(9-12,11-17)22-20-15(19-21-22)14-4-2-1-3-5-14/h1-5,12-13H,6-11H2,(H,23,24)/t12-,13+,17?,18?. The Bertz CT molecular complexity index is 786. The van der Waals surface area contributed by atoms with Gasteiger partial charge in [-0.3, -0.25) is 4.79 Å². The summed E-state index contributed by atoms with van der Waals surface area (Å²) in [7, 11) is 0. The van der Waals surface area contributed by atoms with E-state index in [2.05, 4.69) is 15.4 Å². The molecule has 1 aromatic carbocycles. The highest BCUT2D eigenvalue weighted by molar-refractivity contribution is 5.75. The van der Waals surface area contributed by atoms with E-state index < -0.39 is 11.4 Å². The number of tetrazole rings is 1. The van der Waals surface area contributed by atoms with E-state index in [1.807, 2.05) is 30.3 Å². The van der Waals surface area contributed by atoms with Crippen molar-refractivity contribution in [2.75, 3.05) is 0 Å². The first-order chi connectivity index (χ1) is 11.6. The zero-order chi connectivity index (χ0) is 16.4. The second-order valence-electron chi connectivity index (χ2n) is 8.04. The number of rotatable bonds is 3. The predicted octanol–water partition coefficient (Wildman–Crippen LogP) is 2.72. The lowest BCUT2D eigenvalue weighted by molar-refractivity contribution is -0.174. The van der Waals surface area contributed by atoms with Crippen molar-refractivity contribution in [1.29, 1.82) is 0 Å². The maximum atomic E-state index is 12.0. The normalized spacial score (nSPS) is 36.8. The Hall–Kier alpha value is -2.24. The van der Waals surface area contributed by atoms with Crippen LogP contribution in [-0.4, -0.2) is 31.3 Å². The third-order valence-electron chi connectivity index (χ3n) is 6.35. The van der Waals surface area contributed by atoms with Crippen LogP contribution < -0.4 is 0 Å². The van der Waals surface area contributed by atoms with Crippen LogP contribution in [-0.2, 0) is 10.3 Å². The molecule has 6 rings (SSSR count). The van der Waals surface area contributed by atoms with E-state index in [1.54, 1.807) is 4.80 Å². The van der Waals surface area contributed by atoms with Crippen molar-refractivity contribution in [2.45, 2.75) is 44.1 Å². The van der Waals surface area contributed by atoms with Crippen LogP contribution in [0.4, 0.5) is 0 Å². The Kier molecular flexibility index (Phi) is 2.74. The summed E-state index contributed by atoms with van der Waals surface area (Å²) in [5.41, 5.74) is 0.106. The van der Waals surface area contributed by atoms with Gasteiger partial charge in [0.25, 0.3) is 0 Å². The molecular weight excluding hydrogens is 304 g/mol. The van der Waals surface area contributed by atoms with E-state index in [-0.39, 0.29) is 5.54 Å². The number of benzene rings is 1. The van der Waals surface area contributed by atoms with Crippen molar-refractivity contribution >= 4 is 5.97 Å². The lowest BCUT2D eigenvalue weighted by Crippen LogP contribution is -2.59. The number of carboxylic acids is 1. The minimum absolute atomic E-state index is 0.261. The molecule has 4 aliphatic rings. The van der Waals surface area contributed by atoms with Crippen molar-refractivity contribution in [3.05, 3.63) is 30.3 Å². The minimum Gasteiger partial charge on any atom is -0.481 e. The molecule has 4 aliphatic carbocycles. The van der Waals surface area contributed by atoms with Crippen molar-refractivity contribution < 1.29 is 9.90 Å². The molecule has 1 aromatic heterocycles. The second kappa shape index (κ2) is 4.65. The zero-order valence-corrected chi connectivity index (χ0v) is 13.4. The average Bonchev–Trinajstić information content (AvgIpc) is 3.05. The molecule has 0 saturated heterocycles. The quantitative estimate of drug-likeness (QED) is 0.939. The summed E-state index contributed by atoms with van der Waals surface area (Å²) in [6.45, 7) is 0. The third-order valence-corrected chi connectivity index (χ3v) is 6.35. The van der Waals surface area contributed by atoms with E-state index in [4.69, 9.17) is 0 Å². The van der Waals surface area contributed by atoms with Crippen molar-refractivity contribution in [3.63, 3.8) is 0 Å². The molecule has 0 amide bonds. The maximum Gasteiger partial charge on any atom is 0.309 e. The van der Waals surface area contributed by atoms with Gasteiger partial charge in [-0.05, 0) is 55.6 Å².